The number of rotatable bonds is 1. The van der Waals surface area contributed by atoms with Crippen molar-refractivity contribution in [2.45, 2.75) is 52.9 Å². The molecular formula is C12H24O2. The van der Waals surface area contributed by atoms with Crippen molar-refractivity contribution in [3.63, 3.8) is 0 Å². The van der Waals surface area contributed by atoms with E-state index in [9.17, 15) is 4.79 Å². The van der Waals surface area contributed by atoms with E-state index in [1.165, 1.54) is 26.4 Å². The van der Waals surface area contributed by atoms with Gasteiger partial charge in [-0.3, -0.25) is 4.79 Å². The lowest BCUT2D eigenvalue weighted by molar-refractivity contribution is -0.146. The van der Waals surface area contributed by atoms with Crippen molar-refractivity contribution in [3.8, 4) is 0 Å². The molecule has 0 unspecified atom stereocenters. The van der Waals surface area contributed by atoms with Crippen LogP contribution >= 0.6 is 0 Å². The quantitative estimate of drug-likeness (QED) is 0.606. The Bertz CT molecular complexity index is 144. The topological polar surface area (TPSA) is 26.3 Å². The molecule has 2 nitrogen and oxygen atoms in total. The van der Waals surface area contributed by atoms with Crippen LogP contribution in [0.5, 0.6) is 0 Å². The summed E-state index contributed by atoms with van der Waals surface area (Å²) in [4.78, 5) is 10.9. The van der Waals surface area contributed by atoms with E-state index in [-0.39, 0.29) is 11.9 Å². The van der Waals surface area contributed by atoms with E-state index in [1.54, 1.807) is 0 Å². The first-order valence-electron chi connectivity index (χ1n) is 5.65. The molecule has 2 heteroatoms. The number of carbonyl (C=O) groups is 1. The Morgan fingerprint density at radius 1 is 1.14 bits per heavy atom. The fraction of sp³-hybridized carbons (Fsp3) is 0.917. The van der Waals surface area contributed by atoms with Gasteiger partial charge in [0.1, 0.15) is 0 Å². The molecular weight excluding hydrogens is 176 g/mol. The Balaban J connectivity index is 0.000000364. The van der Waals surface area contributed by atoms with Crippen LogP contribution in [0.3, 0.4) is 0 Å². The standard InChI is InChI=1S/C8H14O2.C4H10/c1-10-8(9)7-5-3-2-4-6-7;1-4(2)3/h7H,2-6H2,1H3;4H,1-3H3. The molecule has 14 heavy (non-hydrogen) atoms. The molecule has 0 aromatic rings. The van der Waals surface area contributed by atoms with Crippen molar-refractivity contribution in [3.05, 3.63) is 0 Å². The maximum Gasteiger partial charge on any atom is 0.308 e. The van der Waals surface area contributed by atoms with Gasteiger partial charge in [0, 0.05) is 0 Å². The zero-order chi connectivity index (χ0) is 11.0. The number of esters is 1. The minimum atomic E-state index is -0.0142. The molecule has 0 bridgehead atoms. The van der Waals surface area contributed by atoms with Crippen LogP contribution in [0.2, 0.25) is 0 Å². The lowest BCUT2D eigenvalue weighted by Gasteiger charge is -2.18. The second-order valence-corrected chi connectivity index (χ2v) is 4.59. The van der Waals surface area contributed by atoms with Gasteiger partial charge < -0.3 is 4.74 Å². The molecule has 1 aliphatic rings. The molecule has 1 fully saturated rings. The molecule has 0 heterocycles. The maximum atomic E-state index is 10.9. The van der Waals surface area contributed by atoms with Crippen LogP contribution < -0.4 is 0 Å². The molecule has 0 radical (unpaired) electrons. The average Bonchev–Trinajstić information content (AvgIpc) is 2.17. The molecule has 0 aromatic carbocycles. The summed E-state index contributed by atoms with van der Waals surface area (Å²) >= 11 is 0. The van der Waals surface area contributed by atoms with E-state index >= 15 is 0 Å². The van der Waals surface area contributed by atoms with Gasteiger partial charge in [0.15, 0.2) is 0 Å². The molecule has 0 saturated heterocycles. The fourth-order valence-corrected chi connectivity index (χ4v) is 1.50. The van der Waals surface area contributed by atoms with Gasteiger partial charge in [-0.05, 0) is 18.8 Å². The van der Waals surface area contributed by atoms with E-state index in [4.69, 9.17) is 0 Å². The van der Waals surface area contributed by atoms with Crippen LogP contribution in [0.4, 0.5) is 0 Å². The summed E-state index contributed by atoms with van der Waals surface area (Å²) in [6.45, 7) is 6.50. The minimum Gasteiger partial charge on any atom is -0.469 e. The molecule has 84 valence electrons. The summed E-state index contributed by atoms with van der Waals surface area (Å²) in [5, 5.41) is 0. The molecule has 1 aliphatic carbocycles. The lowest BCUT2D eigenvalue weighted by atomic mass is 9.89. The first-order valence-corrected chi connectivity index (χ1v) is 5.65. The third-order valence-electron chi connectivity index (χ3n) is 2.14. The van der Waals surface area contributed by atoms with Crippen LogP contribution in [0, 0.1) is 11.8 Å². The second-order valence-electron chi connectivity index (χ2n) is 4.59. The van der Waals surface area contributed by atoms with Gasteiger partial charge in [-0.15, -0.1) is 0 Å². The van der Waals surface area contributed by atoms with E-state index in [1.807, 2.05) is 0 Å². The Hall–Kier alpha value is -0.530. The van der Waals surface area contributed by atoms with Crippen LogP contribution in [0.1, 0.15) is 52.9 Å². The molecule has 0 aromatic heterocycles. The first kappa shape index (κ1) is 13.5. The van der Waals surface area contributed by atoms with Crippen LogP contribution in [0.15, 0.2) is 0 Å². The summed E-state index contributed by atoms with van der Waals surface area (Å²) in [5.41, 5.74) is 0. The highest BCUT2D eigenvalue weighted by Crippen LogP contribution is 2.24. The largest absolute Gasteiger partial charge is 0.469 e. The summed E-state index contributed by atoms with van der Waals surface area (Å²) in [6.07, 6.45) is 5.74. The summed E-state index contributed by atoms with van der Waals surface area (Å²) in [5.74, 6) is 1.03. The van der Waals surface area contributed by atoms with Gasteiger partial charge in [-0.1, -0.05) is 40.0 Å². The number of hydrogen-bond acceptors (Lipinski definition) is 2. The molecule has 0 amide bonds. The SMILES string of the molecule is CC(C)C.COC(=O)C1CCCCC1. The lowest BCUT2D eigenvalue weighted by Crippen LogP contribution is -2.18. The van der Waals surface area contributed by atoms with Crippen molar-refractivity contribution in [1.29, 1.82) is 0 Å². The zero-order valence-corrected chi connectivity index (χ0v) is 10.0. The van der Waals surface area contributed by atoms with Gasteiger partial charge in [0.05, 0.1) is 13.0 Å². The van der Waals surface area contributed by atoms with Gasteiger partial charge in [-0.2, -0.15) is 0 Å². The maximum absolute atomic E-state index is 10.9. The zero-order valence-electron chi connectivity index (χ0n) is 10.0. The summed E-state index contributed by atoms with van der Waals surface area (Å²) in [7, 11) is 1.47. The van der Waals surface area contributed by atoms with Gasteiger partial charge in [0.25, 0.3) is 0 Å². The fourth-order valence-electron chi connectivity index (χ4n) is 1.50. The molecule has 0 atom stereocenters. The van der Waals surface area contributed by atoms with Crippen LogP contribution in [-0.2, 0) is 9.53 Å². The third kappa shape index (κ3) is 6.93. The van der Waals surface area contributed by atoms with Crippen molar-refractivity contribution >= 4 is 5.97 Å². The van der Waals surface area contributed by atoms with E-state index in [0.717, 1.165) is 18.8 Å². The van der Waals surface area contributed by atoms with E-state index in [2.05, 4.69) is 25.5 Å². The Labute approximate surface area is 88.0 Å². The minimum absolute atomic E-state index is 0.0142. The van der Waals surface area contributed by atoms with E-state index < -0.39 is 0 Å². The summed E-state index contributed by atoms with van der Waals surface area (Å²) < 4.78 is 4.65. The normalized spacial score (nSPS) is 17.2. The predicted octanol–water partition coefficient (Wildman–Crippen LogP) is 3.40. The van der Waals surface area contributed by atoms with Crippen LogP contribution in [-0.4, -0.2) is 13.1 Å². The highest BCUT2D eigenvalue weighted by Gasteiger charge is 2.20. The molecule has 0 N–H and O–H groups in total. The van der Waals surface area contributed by atoms with Crippen molar-refractivity contribution in [2.75, 3.05) is 7.11 Å². The summed E-state index contributed by atoms with van der Waals surface area (Å²) in [6, 6.07) is 0. The van der Waals surface area contributed by atoms with Crippen molar-refractivity contribution in [2.24, 2.45) is 11.8 Å². The monoisotopic (exact) mass is 200 g/mol. The Kier molecular flexibility index (Phi) is 7.54. The molecule has 1 saturated carbocycles. The highest BCUT2D eigenvalue weighted by molar-refractivity contribution is 5.72. The number of carbonyl (C=O) groups excluding carboxylic acids is 1. The number of methoxy groups -OCH3 is 1. The average molecular weight is 200 g/mol. The highest BCUT2D eigenvalue weighted by atomic mass is 16.5. The third-order valence-corrected chi connectivity index (χ3v) is 2.14. The number of ether oxygens (including phenoxy) is 1. The Morgan fingerprint density at radius 3 is 1.93 bits per heavy atom. The second kappa shape index (κ2) is 7.84. The molecule has 0 aliphatic heterocycles. The Morgan fingerprint density at radius 2 is 1.57 bits per heavy atom. The molecule has 1 rings (SSSR count). The van der Waals surface area contributed by atoms with Gasteiger partial charge in [0.2, 0.25) is 0 Å². The number of hydrogen-bond donors (Lipinski definition) is 0. The smallest absolute Gasteiger partial charge is 0.308 e. The van der Waals surface area contributed by atoms with Gasteiger partial charge in [-0.25, -0.2) is 0 Å². The first-order chi connectivity index (χ1) is 6.57. The van der Waals surface area contributed by atoms with Gasteiger partial charge >= 0.3 is 5.97 Å². The van der Waals surface area contributed by atoms with E-state index in [0.29, 0.717) is 0 Å². The predicted molar refractivity (Wildman–Crippen MR) is 59.1 cm³/mol. The van der Waals surface area contributed by atoms with Crippen LogP contribution in [0.25, 0.3) is 0 Å². The van der Waals surface area contributed by atoms with Crippen molar-refractivity contribution in [1.82, 2.24) is 0 Å². The van der Waals surface area contributed by atoms with Crippen molar-refractivity contribution < 1.29 is 9.53 Å². The molecule has 0 spiro atoms.